The minimum Gasteiger partial charge on any atom is -0.619 e. The summed E-state index contributed by atoms with van der Waals surface area (Å²) in [5, 5.41) is 14.2. The molecule has 8 heteroatoms. The van der Waals surface area contributed by atoms with Gasteiger partial charge in [0.2, 0.25) is 11.7 Å². The van der Waals surface area contributed by atoms with Crippen LogP contribution in [-0.4, -0.2) is 29.7 Å². The van der Waals surface area contributed by atoms with Crippen molar-refractivity contribution in [1.82, 2.24) is 5.32 Å². The predicted octanol–water partition coefficient (Wildman–Crippen LogP) is 2.19. The summed E-state index contributed by atoms with van der Waals surface area (Å²) in [6.07, 6.45) is 5.35. The molecule has 0 aromatic carbocycles. The van der Waals surface area contributed by atoms with Crippen molar-refractivity contribution < 1.29 is 28.8 Å². The Labute approximate surface area is 176 Å². The Kier molecular flexibility index (Phi) is 4.81. The van der Waals surface area contributed by atoms with Crippen LogP contribution in [0.3, 0.4) is 0 Å². The molecule has 5 heterocycles. The van der Waals surface area contributed by atoms with Gasteiger partial charge in [0, 0.05) is 31.0 Å². The Hall–Kier alpha value is -1.74. The van der Waals surface area contributed by atoms with E-state index in [4.69, 9.17) is 19.2 Å². The number of nitrogens with one attached hydrogen (secondary N) is 1. The minimum absolute atomic E-state index is 0.0366. The van der Waals surface area contributed by atoms with Crippen molar-refractivity contribution in [3.8, 4) is 0 Å². The van der Waals surface area contributed by atoms with Crippen molar-refractivity contribution in [2.75, 3.05) is 0 Å². The molecule has 164 valence electrons. The second-order valence-corrected chi connectivity index (χ2v) is 9.61. The van der Waals surface area contributed by atoms with Gasteiger partial charge in [0.25, 0.3) is 0 Å². The van der Waals surface area contributed by atoms with Crippen molar-refractivity contribution in [1.29, 1.82) is 0 Å². The molecule has 1 aliphatic carbocycles. The molecule has 1 amide bonds. The van der Waals surface area contributed by atoms with Gasteiger partial charge < -0.3 is 20.0 Å². The Bertz CT molecular complexity index is 818. The maximum absolute atomic E-state index is 13.1. The number of hydrogen-bond donors (Lipinski definition) is 1. The Morgan fingerprint density at radius 2 is 1.97 bits per heavy atom. The van der Waals surface area contributed by atoms with Crippen LogP contribution in [0.2, 0.25) is 0 Å². The summed E-state index contributed by atoms with van der Waals surface area (Å²) in [6.45, 7) is 6.55. The molecular formula is C22H30N2O6. The minimum atomic E-state index is -0.850. The standard InChI is InChI=1S/C22H30N2O6/c1-13-4-5-17-14(2)18(19(25)23-12-15-7-10-24(26)11-8-15)27-20-22(17)16(13)6-9-21(3,28-20)29-30-22/h7-8,10-11,13-14,16-18,20H,4-6,9,12H2,1-3H3,(H,23,25)/t13-,14-,16+,17+,18-,20-,21-,22-/m1/s1. The predicted molar refractivity (Wildman–Crippen MR) is 104 cm³/mol. The molecular weight excluding hydrogens is 388 g/mol. The van der Waals surface area contributed by atoms with Gasteiger partial charge in [-0.2, -0.15) is 4.73 Å². The van der Waals surface area contributed by atoms with Crippen LogP contribution in [0.4, 0.5) is 0 Å². The van der Waals surface area contributed by atoms with E-state index in [1.165, 1.54) is 12.4 Å². The highest BCUT2D eigenvalue weighted by atomic mass is 17.3. The van der Waals surface area contributed by atoms with Crippen LogP contribution >= 0.6 is 0 Å². The Morgan fingerprint density at radius 3 is 2.73 bits per heavy atom. The molecule has 6 rings (SSSR count). The average Bonchev–Trinajstić information content (AvgIpc) is 2.96. The van der Waals surface area contributed by atoms with Crippen molar-refractivity contribution in [3.05, 3.63) is 35.3 Å². The lowest BCUT2D eigenvalue weighted by Crippen LogP contribution is -2.71. The molecule has 1 saturated carbocycles. The molecule has 0 unspecified atom stereocenters. The van der Waals surface area contributed by atoms with Crippen molar-refractivity contribution in [2.24, 2.45) is 23.7 Å². The zero-order valence-corrected chi connectivity index (χ0v) is 17.7. The summed E-state index contributed by atoms with van der Waals surface area (Å²) >= 11 is 0. The van der Waals surface area contributed by atoms with E-state index in [1.54, 1.807) is 12.1 Å². The fourth-order valence-electron chi connectivity index (χ4n) is 6.06. The maximum Gasteiger partial charge on any atom is 0.249 e. The highest BCUT2D eigenvalue weighted by molar-refractivity contribution is 5.81. The first kappa shape index (κ1) is 20.2. The molecule has 1 aromatic rings. The summed E-state index contributed by atoms with van der Waals surface area (Å²) < 4.78 is 13.3. The molecule has 1 aromatic heterocycles. The summed E-state index contributed by atoms with van der Waals surface area (Å²) in [4.78, 5) is 25.0. The molecule has 4 saturated heterocycles. The van der Waals surface area contributed by atoms with Crippen molar-refractivity contribution >= 4 is 5.91 Å². The quantitative estimate of drug-likeness (QED) is 0.460. The third kappa shape index (κ3) is 3.04. The van der Waals surface area contributed by atoms with E-state index in [1.807, 2.05) is 6.92 Å². The van der Waals surface area contributed by atoms with E-state index in [0.29, 0.717) is 12.5 Å². The van der Waals surface area contributed by atoms with E-state index in [2.05, 4.69) is 19.2 Å². The van der Waals surface area contributed by atoms with Gasteiger partial charge in [-0.15, -0.1) is 0 Å². The van der Waals surface area contributed by atoms with Crippen LogP contribution in [0.1, 0.15) is 52.0 Å². The SMILES string of the molecule is C[C@H]1[C@H](C(=O)NCc2cc[n+]([O-])cc2)O[C@@H]2O[C@@]3(C)CC[C@H]4[C@H](C)CC[C@@H]1[C@@]24OO3. The third-order valence-corrected chi connectivity index (χ3v) is 7.75. The number of aromatic nitrogens is 1. The van der Waals surface area contributed by atoms with Gasteiger partial charge in [0.05, 0.1) is 0 Å². The second-order valence-electron chi connectivity index (χ2n) is 9.61. The van der Waals surface area contributed by atoms with E-state index < -0.39 is 23.8 Å². The van der Waals surface area contributed by atoms with E-state index in [9.17, 15) is 10.0 Å². The average molecular weight is 418 g/mol. The van der Waals surface area contributed by atoms with Crippen LogP contribution in [0.5, 0.6) is 0 Å². The van der Waals surface area contributed by atoms with Crippen LogP contribution in [0, 0.1) is 28.9 Å². The third-order valence-electron chi connectivity index (χ3n) is 7.75. The molecule has 8 nitrogen and oxygen atoms in total. The first-order valence-corrected chi connectivity index (χ1v) is 11.0. The number of amides is 1. The molecule has 0 radical (unpaired) electrons. The van der Waals surface area contributed by atoms with Crippen LogP contribution < -0.4 is 10.0 Å². The molecule has 1 N–H and O–H groups in total. The highest BCUT2D eigenvalue weighted by Gasteiger charge is 2.69. The number of pyridine rings is 1. The van der Waals surface area contributed by atoms with Crippen molar-refractivity contribution in [2.45, 2.75) is 76.8 Å². The number of ether oxygens (including phenoxy) is 2. The number of hydrogen-bond acceptors (Lipinski definition) is 6. The number of carbonyl (C=O) groups is 1. The zero-order valence-electron chi connectivity index (χ0n) is 17.7. The van der Waals surface area contributed by atoms with Gasteiger partial charge in [0.15, 0.2) is 24.3 Å². The smallest absolute Gasteiger partial charge is 0.249 e. The molecule has 5 aliphatic rings. The van der Waals surface area contributed by atoms with Crippen molar-refractivity contribution in [3.63, 3.8) is 0 Å². The Morgan fingerprint density at radius 1 is 1.20 bits per heavy atom. The number of carbonyl (C=O) groups excluding carboxylic acids is 1. The lowest BCUT2D eigenvalue weighted by Gasteiger charge is -2.60. The fourth-order valence-corrected chi connectivity index (χ4v) is 6.06. The molecule has 2 bridgehead atoms. The summed E-state index contributed by atoms with van der Waals surface area (Å²) in [5.74, 6) is -0.171. The van der Waals surface area contributed by atoms with Gasteiger partial charge >= 0.3 is 0 Å². The van der Waals surface area contributed by atoms with E-state index in [-0.39, 0.29) is 23.7 Å². The van der Waals surface area contributed by atoms with E-state index >= 15 is 0 Å². The monoisotopic (exact) mass is 418 g/mol. The maximum atomic E-state index is 13.1. The summed E-state index contributed by atoms with van der Waals surface area (Å²) in [5.41, 5.74) is 0.196. The number of nitrogens with zero attached hydrogens (tertiary/aromatic N) is 1. The second kappa shape index (κ2) is 7.15. The van der Waals surface area contributed by atoms with Gasteiger partial charge in [-0.05, 0) is 49.5 Å². The molecule has 4 aliphatic heterocycles. The lowest BCUT2D eigenvalue weighted by atomic mass is 9.57. The highest BCUT2D eigenvalue weighted by Crippen LogP contribution is 2.60. The van der Waals surface area contributed by atoms with E-state index in [0.717, 1.165) is 36.0 Å². The Balaban J connectivity index is 1.38. The molecule has 30 heavy (non-hydrogen) atoms. The van der Waals surface area contributed by atoms with Crippen LogP contribution in [0.15, 0.2) is 24.5 Å². The van der Waals surface area contributed by atoms with Crippen LogP contribution in [0.25, 0.3) is 0 Å². The largest absolute Gasteiger partial charge is 0.619 e. The molecule has 8 atom stereocenters. The molecule has 5 fully saturated rings. The number of fused-ring (bicyclic) bond motifs is 2. The summed E-state index contributed by atoms with van der Waals surface area (Å²) in [7, 11) is 0. The molecule has 1 spiro atoms. The summed E-state index contributed by atoms with van der Waals surface area (Å²) in [6, 6.07) is 3.39. The lowest BCUT2D eigenvalue weighted by molar-refractivity contribution is -0.605. The number of rotatable bonds is 3. The first-order valence-electron chi connectivity index (χ1n) is 11.0. The first-order chi connectivity index (χ1) is 14.3. The topological polar surface area (TPSA) is 93.0 Å². The normalized spacial score (nSPS) is 44.8. The fraction of sp³-hybridized carbons (Fsp3) is 0.727. The van der Waals surface area contributed by atoms with Crippen LogP contribution in [-0.2, 0) is 30.6 Å². The van der Waals surface area contributed by atoms with Gasteiger partial charge in [-0.25, -0.2) is 9.78 Å². The zero-order chi connectivity index (χ0) is 21.1. The van der Waals surface area contributed by atoms with Gasteiger partial charge in [-0.3, -0.25) is 4.79 Å². The van der Waals surface area contributed by atoms with Gasteiger partial charge in [0.1, 0.15) is 6.10 Å². The van der Waals surface area contributed by atoms with Gasteiger partial charge in [-0.1, -0.05) is 13.8 Å².